The zero-order valence-electron chi connectivity index (χ0n) is 10.1. The first-order chi connectivity index (χ1) is 9.28. The van der Waals surface area contributed by atoms with Gasteiger partial charge in [0, 0.05) is 18.4 Å². The fourth-order valence-corrected chi connectivity index (χ4v) is 2.51. The molecule has 1 aliphatic rings. The molecule has 1 unspecified atom stereocenters. The van der Waals surface area contributed by atoms with E-state index in [0.29, 0.717) is 17.7 Å². The highest BCUT2D eigenvalue weighted by atomic mass is 16.6. The summed E-state index contributed by atoms with van der Waals surface area (Å²) in [5.74, 6) is 0.186. The van der Waals surface area contributed by atoms with Gasteiger partial charge in [-0.25, -0.2) is 4.79 Å². The first-order valence-electron chi connectivity index (χ1n) is 6.02. The molecule has 2 aromatic rings. The summed E-state index contributed by atoms with van der Waals surface area (Å²) in [5.41, 5.74) is 0.342. The van der Waals surface area contributed by atoms with Crippen LogP contribution in [0.1, 0.15) is 34.5 Å². The number of carbonyl (C=O) groups excluding carboxylic acids is 1. The average Bonchev–Trinajstić information content (AvgIpc) is 3.05. The van der Waals surface area contributed by atoms with E-state index >= 15 is 0 Å². The second-order valence-electron chi connectivity index (χ2n) is 4.40. The predicted octanol–water partition coefficient (Wildman–Crippen LogP) is 3.00. The third kappa shape index (κ3) is 1.63. The van der Waals surface area contributed by atoms with E-state index in [1.54, 1.807) is 24.3 Å². The lowest BCUT2D eigenvalue weighted by Crippen LogP contribution is -2.27. The number of hydrogen-bond donors (Lipinski definition) is 0. The van der Waals surface area contributed by atoms with Crippen molar-refractivity contribution in [2.45, 2.75) is 18.4 Å². The molecular weight excluding hydrogens is 242 g/mol. The summed E-state index contributed by atoms with van der Waals surface area (Å²) in [6.07, 6.45) is 2.21. The molecular formula is C15H11NO3. The molecule has 1 aromatic carbocycles. The molecule has 4 nitrogen and oxygen atoms in total. The van der Waals surface area contributed by atoms with Gasteiger partial charge in [-0.3, -0.25) is 0 Å². The highest BCUT2D eigenvalue weighted by molar-refractivity contribution is 5.95. The van der Waals surface area contributed by atoms with Gasteiger partial charge < -0.3 is 9.15 Å². The summed E-state index contributed by atoms with van der Waals surface area (Å²) in [6.45, 7) is 0. The minimum absolute atomic E-state index is 0.280. The maximum Gasteiger partial charge on any atom is 0.339 e. The number of hydrogen-bond acceptors (Lipinski definition) is 4. The Morgan fingerprint density at radius 1 is 1.21 bits per heavy atom. The Kier molecular flexibility index (Phi) is 2.60. The molecule has 0 amide bonds. The molecule has 0 radical (unpaired) electrons. The third-order valence-electron chi connectivity index (χ3n) is 3.36. The summed E-state index contributed by atoms with van der Waals surface area (Å²) in [4.78, 5) is 12.0. The summed E-state index contributed by atoms with van der Waals surface area (Å²) in [6, 6.07) is 12.8. The summed E-state index contributed by atoms with van der Waals surface area (Å²) >= 11 is 0. The molecule has 4 heteroatoms. The number of esters is 1. The molecule has 3 rings (SSSR count). The van der Waals surface area contributed by atoms with Crippen LogP contribution in [0.3, 0.4) is 0 Å². The fraction of sp³-hybridized carbons (Fsp3) is 0.200. The Bertz CT molecular complexity index is 654. The average molecular weight is 253 g/mol. The van der Waals surface area contributed by atoms with Crippen molar-refractivity contribution in [1.29, 1.82) is 5.26 Å². The lowest BCUT2D eigenvalue weighted by Gasteiger charge is -2.25. The van der Waals surface area contributed by atoms with Crippen LogP contribution in [0.15, 0.2) is 47.1 Å². The lowest BCUT2D eigenvalue weighted by atomic mass is 9.86. The molecule has 0 saturated carbocycles. The Hall–Kier alpha value is -2.54. The highest BCUT2D eigenvalue weighted by Crippen LogP contribution is 2.45. The van der Waals surface area contributed by atoms with E-state index in [2.05, 4.69) is 6.07 Å². The second kappa shape index (κ2) is 4.29. The number of ether oxygens (including phenoxy) is 1. The Morgan fingerprint density at radius 2 is 2.05 bits per heavy atom. The van der Waals surface area contributed by atoms with Crippen LogP contribution in [-0.4, -0.2) is 5.97 Å². The van der Waals surface area contributed by atoms with Gasteiger partial charge in [0.05, 0.1) is 17.9 Å². The van der Waals surface area contributed by atoms with Crippen molar-refractivity contribution >= 4 is 5.97 Å². The molecule has 0 saturated heterocycles. The number of furan rings is 1. The Morgan fingerprint density at radius 3 is 2.79 bits per heavy atom. The molecule has 1 atom stereocenters. The normalized spacial score (nSPS) is 20.7. The lowest BCUT2D eigenvalue weighted by molar-refractivity contribution is -0.00143. The van der Waals surface area contributed by atoms with E-state index in [4.69, 9.17) is 14.4 Å². The van der Waals surface area contributed by atoms with Gasteiger partial charge in [-0.1, -0.05) is 18.2 Å². The Labute approximate surface area is 110 Å². The van der Waals surface area contributed by atoms with Crippen molar-refractivity contribution in [3.8, 4) is 6.07 Å². The smallest absolute Gasteiger partial charge is 0.339 e. The van der Waals surface area contributed by atoms with E-state index in [-0.39, 0.29) is 12.4 Å². The maximum absolute atomic E-state index is 12.0. The van der Waals surface area contributed by atoms with Gasteiger partial charge in [0.1, 0.15) is 0 Å². The molecule has 0 aliphatic carbocycles. The largest absolute Gasteiger partial charge is 0.465 e. The number of cyclic esters (lactones) is 1. The summed E-state index contributed by atoms with van der Waals surface area (Å²) in [5, 5.41) is 8.83. The molecule has 1 aliphatic heterocycles. The number of carbonyl (C=O) groups is 1. The van der Waals surface area contributed by atoms with Gasteiger partial charge in [-0.05, 0) is 18.2 Å². The van der Waals surface area contributed by atoms with Crippen molar-refractivity contribution < 1.29 is 13.9 Å². The number of fused-ring (bicyclic) bond motifs is 1. The number of benzene rings is 1. The number of nitrogens with zero attached hydrogens (tertiary/aromatic N) is 1. The first kappa shape index (κ1) is 11.5. The molecule has 19 heavy (non-hydrogen) atoms. The zero-order valence-corrected chi connectivity index (χ0v) is 10.1. The second-order valence-corrected chi connectivity index (χ2v) is 4.40. The monoisotopic (exact) mass is 253 g/mol. The zero-order chi connectivity index (χ0) is 13.3. The van der Waals surface area contributed by atoms with E-state index in [1.165, 1.54) is 6.26 Å². The van der Waals surface area contributed by atoms with Crippen molar-refractivity contribution in [3.05, 3.63) is 59.5 Å². The van der Waals surface area contributed by atoms with Crippen molar-refractivity contribution in [2.75, 3.05) is 0 Å². The first-order valence-corrected chi connectivity index (χ1v) is 6.02. The number of nitriles is 1. The molecule has 94 valence electrons. The highest BCUT2D eigenvalue weighted by Gasteiger charge is 2.48. The van der Waals surface area contributed by atoms with Crippen molar-refractivity contribution in [3.63, 3.8) is 0 Å². The van der Waals surface area contributed by atoms with Gasteiger partial charge in [0.15, 0.2) is 11.4 Å². The van der Waals surface area contributed by atoms with Crippen LogP contribution in [0.4, 0.5) is 0 Å². The molecule has 0 spiro atoms. The Balaban J connectivity index is 2.18. The van der Waals surface area contributed by atoms with E-state index in [9.17, 15) is 4.79 Å². The third-order valence-corrected chi connectivity index (χ3v) is 3.36. The van der Waals surface area contributed by atoms with Gasteiger partial charge in [-0.15, -0.1) is 0 Å². The summed E-state index contributed by atoms with van der Waals surface area (Å²) < 4.78 is 11.0. The summed E-state index contributed by atoms with van der Waals surface area (Å²) in [7, 11) is 0. The van der Waals surface area contributed by atoms with E-state index < -0.39 is 5.60 Å². The quantitative estimate of drug-likeness (QED) is 0.789. The minimum atomic E-state index is -0.965. The van der Waals surface area contributed by atoms with Crippen LogP contribution >= 0.6 is 0 Å². The predicted molar refractivity (Wildman–Crippen MR) is 66.2 cm³/mol. The van der Waals surface area contributed by atoms with Crippen molar-refractivity contribution in [2.24, 2.45) is 0 Å². The topological polar surface area (TPSA) is 63.2 Å². The van der Waals surface area contributed by atoms with Crippen LogP contribution in [0.5, 0.6) is 0 Å². The molecule has 1 aromatic heterocycles. The molecule has 0 bridgehead atoms. The van der Waals surface area contributed by atoms with Gasteiger partial charge in [0.25, 0.3) is 0 Å². The van der Waals surface area contributed by atoms with Crippen LogP contribution in [0, 0.1) is 11.3 Å². The minimum Gasteiger partial charge on any atom is -0.465 e. The van der Waals surface area contributed by atoms with Crippen LogP contribution in [-0.2, 0) is 10.3 Å². The van der Waals surface area contributed by atoms with Crippen LogP contribution in [0.25, 0.3) is 0 Å². The standard InChI is InChI=1S/C15H11NO3/c16-9-4-8-15(13-7-3-10-18-13)12-6-2-1-5-11(12)14(17)19-15/h1-3,5-7,10H,4,8H2. The van der Waals surface area contributed by atoms with Crippen molar-refractivity contribution in [1.82, 2.24) is 0 Å². The fourth-order valence-electron chi connectivity index (χ4n) is 2.51. The van der Waals surface area contributed by atoms with E-state index in [1.807, 2.05) is 12.1 Å². The maximum atomic E-state index is 12.0. The molecule has 0 fully saturated rings. The van der Waals surface area contributed by atoms with Crippen LogP contribution in [0.2, 0.25) is 0 Å². The molecule has 0 N–H and O–H groups in total. The SMILES string of the molecule is N#CCCC1(c2ccco2)OC(=O)c2ccccc21. The van der Waals surface area contributed by atoms with E-state index in [0.717, 1.165) is 5.56 Å². The number of rotatable bonds is 3. The van der Waals surface area contributed by atoms with Gasteiger partial charge in [0.2, 0.25) is 0 Å². The molecule has 2 heterocycles. The van der Waals surface area contributed by atoms with Gasteiger partial charge >= 0.3 is 5.97 Å². The van der Waals surface area contributed by atoms with Gasteiger partial charge in [-0.2, -0.15) is 5.26 Å². The van der Waals surface area contributed by atoms with Crippen LogP contribution < -0.4 is 0 Å².